The highest BCUT2D eigenvalue weighted by molar-refractivity contribution is 5.68. The van der Waals surface area contributed by atoms with Crippen molar-refractivity contribution in [1.82, 2.24) is 0 Å². The van der Waals surface area contributed by atoms with Crippen molar-refractivity contribution in [3.05, 3.63) is 34.7 Å². The maximum atomic E-state index is 12.2. The minimum atomic E-state index is -1.74. The first-order chi connectivity index (χ1) is 21.4. The van der Waals surface area contributed by atoms with Crippen LogP contribution in [-0.4, -0.2) is 116 Å². The molecule has 0 spiro atoms. The molecule has 1 aromatic rings. The molecule has 0 aliphatic carbocycles. The maximum absolute atomic E-state index is 12.2. The number of aliphatic hydroxyl groups is 2. The third kappa shape index (κ3) is 9.40. The van der Waals surface area contributed by atoms with Crippen molar-refractivity contribution in [3.8, 4) is 11.5 Å². The van der Waals surface area contributed by atoms with E-state index in [1.807, 2.05) is 0 Å². The van der Waals surface area contributed by atoms with E-state index >= 15 is 0 Å². The fourth-order valence-electron chi connectivity index (χ4n) is 4.73. The van der Waals surface area contributed by atoms with Gasteiger partial charge in [0.15, 0.2) is 24.6 Å². The number of benzene rings is 1. The number of ether oxygens (including phenoxy) is 9. The Morgan fingerprint density at radius 1 is 0.822 bits per heavy atom. The normalized spacial score (nSPS) is 31.0. The second-order valence-corrected chi connectivity index (χ2v) is 9.87. The first kappa shape index (κ1) is 35.3. The number of methoxy groups -OCH3 is 1. The highest BCUT2D eigenvalue weighted by Gasteiger charge is 2.56. The van der Waals surface area contributed by atoms with Crippen LogP contribution in [0.2, 0.25) is 0 Å². The summed E-state index contributed by atoms with van der Waals surface area (Å²) in [6, 6.07) is 4.78. The quantitative estimate of drug-likeness (QED) is 0.103. The second kappa shape index (κ2) is 16.2. The lowest BCUT2D eigenvalue weighted by molar-refractivity contribution is -0.340. The third-order valence-corrected chi connectivity index (χ3v) is 6.56. The highest BCUT2D eigenvalue weighted by Crippen LogP contribution is 2.35. The Hall–Kier alpha value is -4.19. The molecule has 2 fully saturated rings. The van der Waals surface area contributed by atoms with Crippen LogP contribution in [0.25, 0.3) is 10.4 Å². The Kier molecular flexibility index (Phi) is 12.7. The maximum Gasteiger partial charge on any atom is 0.303 e. The van der Waals surface area contributed by atoms with E-state index < -0.39 is 98.4 Å². The van der Waals surface area contributed by atoms with Crippen LogP contribution in [0.4, 0.5) is 0 Å². The van der Waals surface area contributed by atoms with Gasteiger partial charge in [-0.3, -0.25) is 19.2 Å². The van der Waals surface area contributed by atoms with Crippen molar-refractivity contribution < 1.29 is 72.0 Å². The average molecular weight is 642 g/mol. The lowest BCUT2D eigenvalue weighted by atomic mass is 9.95. The van der Waals surface area contributed by atoms with Crippen molar-refractivity contribution in [3.63, 3.8) is 0 Å². The van der Waals surface area contributed by atoms with Gasteiger partial charge in [0.2, 0.25) is 6.29 Å². The number of rotatable bonds is 12. The molecule has 0 bridgehead atoms. The second-order valence-electron chi connectivity index (χ2n) is 9.87. The summed E-state index contributed by atoms with van der Waals surface area (Å²) in [6.45, 7) is 3.01. The SMILES string of the molecule is COc1ccc(OC2OC(CO)C(O)C(OC3OC(COC(C)=O)C(OC(C)=O)C(OC(C)=O)C3OC(C)=O)C2N=[N+]=[N-])cc1. The molecule has 18 heteroatoms. The van der Waals surface area contributed by atoms with Gasteiger partial charge < -0.3 is 52.8 Å². The Morgan fingerprint density at radius 2 is 1.38 bits per heavy atom. The summed E-state index contributed by atoms with van der Waals surface area (Å²) >= 11 is 0. The van der Waals surface area contributed by atoms with E-state index in [4.69, 9.17) is 42.6 Å². The molecule has 248 valence electrons. The lowest BCUT2D eigenvalue weighted by Gasteiger charge is -2.47. The van der Waals surface area contributed by atoms with Crippen LogP contribution in [0.3, 0.4) is 0 Å². The van der Waals surface area contributed by atoms with Gasteiger partial charge in [-0.25, -0.2) is 0 Å². The van der Waals surface area contributed by atoms with E-state index in [0.717, 1.165) is 27.7 Å². The topological polar surface area (TPSA) is 241 Å². The van der Waals surface area contributed by atoms with Crippen LogP contribution >= 0.6 is 0 Å². The number of nitrogens with zero attached hydrogens (tertiary/aromatic N) is 3. The minimum absolute atomic E-state index is 0.234. The average Bonchev–Trinajstić information content (AvgIpc) is 2.97. The van der Waals surface area contributed by atoms with Crippen molar-refractivity contribution in [1.29, 1.82) is 0 Å². The van der Waals surface area contributed by atoms with Gasteiger partial charge in [-0.2, -0.15) is 0 Å². The Bertz CT molecular complexity index is 1240. The molecule has 0 amide bonds. The van der Waals surface area contributed by atoms with Crippen LogP contribution in [0.5, 0.6) is 11.5 Å². The number of hydrogen-bond donors (Lipinski definition) is 2. The van der Waals surface area contributed by atoms with Gasteiger partial charge in [0.05, 0.1) is 13.7 Å². The van der Waals surface area contributed by atoms with Gasteiger partial charge in [0, 0.05) is 32.6 Å². The largest absolute Gasteiger partial charge is 0.497 e. The Labute approximate surface area is 256 Å². The molecule has 2 heterocycles. The predicted molar refractivity (Wildman–Crippen MR) is 145 cm³/mol. The van der Waals surface area contributed by atoms with E-state index in [-0.39, 0.29) is 5.75 Å². The zero-order chi connectivity index (χ0) is 33.3. The van der Waals surface area contributed by atoms with Gasteiger partial charge in [-0.15, -0.1) is 0 Å². The molecular weight excluding hydrogens is 606 g/mol. The van der Waals surface area contributed by atoms with Gasteiger partial charge in [-0.05, 0) is 29.8 Å². The number of esters is 4. The molecular formula is C27H35N3O15. The van der Waals surface area contributed by atoms with E-state index in [1.54, 1.807) is 12.1 Å². The molecule has 10 unspecified atom stereocenters. The smallest absolute Gasteiger partial charge is 0.303 e. The zero-order valence-corrected chi connectivity index (χ0v) is 25.0. The summed E-state index contributed by atoms with van der Waals surface area (Å²) < 4.78 is 49.9. The number of carbonyl (C=O) groups is 4. The molecule has 1 aromatic carbocycles. The Balaban J connectivity index is 2.04. The summed E-state index contributed by atoms with van der Waals surface area (Å²) in [7, 11) is 1.47. The third-order valence-electron chi connectivity index (χ3n) is 6.56. The summed E-state index contributed by atoms with van der Waals surface area (Å²) in [4.78, 5) is 50.8. The first-order valence-corrected chi connectivity index (χ1v) is 13.6. The molecule has 45 heavy (non-hydrogen) atoms. The molecule has 2 aliphatic heterocycles. The van der Waals surface area contributed by atoms with Crippen LogP contribution in [-0.2, 0) is 52.3 Å². The molecule has 10 atom stereocenters. The van der Waals surface area contributed by atoms with Gasteiger partial charge in [0.1, 0.15) is 48.6 Å². The van der Waals surface area contributed by atoms with E-state index in [0.29, 0.717) is 5.75 Å². The summed E-state index contributed by atoms with van der Waals surface area (Å²) in [5.41, 5.74) is 9.39. The summed E-state index contributed by atoms with van der Waals surface area (Å²) in [6.07, 6.45) is -13.8. The predicted octanol–water partition coefficient (Wildman–Crippen LogP) is 0.299. The van der Waals surface area contributed by atoms with E-state index in [2.05, 4.69) is 10.0 Å². The molecule has 2 saturated heterocycles. The van der Waals surface area contributed by atoms with Crippen molar-refractivity contribution in [2.75, 3.05) is 20.3 Å². The van der Waals surface area contributed by atoms with E-state index in [9.17, 15) is 34.9 Å². The lowest BCUT2D eigenvalue weighted by Crippen LogP contribution is -2.66. The molecule has 2 aliphatic rings. The monoisotopic (exact) mass is 641 g/mol. The Morgan fingerprint density at radius 3 is 1.91 bits per heavy atom. The molecule has 0 radical (unpaired) electrons. The van der Waals surface area contributed by atoms with Crippen molar-refractivity contribution >= 4 is 23.9 Å². The first-order valence-electron chi connectivity index (χ1n) is 13.6. The molecule has 3 rings (SSSR count). The van der Waals surface area contributed by atoms with E-state index in [1.165, 1.54) is 19.2 Å². The fraction of sp³-hybridized carbons (Fsp3) is 0.630. The van der Waals surface area contributed by atoms with Crippen LogP contribution in [0, 0.1) is 0 Å². The van der Waals surface area contributed by atoms with Gasteiger partial charge in [0.25, 0.3) is 0 Å². The van der Waals surface area contributed by atoms with Gasteiger partial charge in [-0.1, -0.05) is 5.11 Å². The number of azide groups is 1. The molecule has 18 nitrogen and oxygen atoms in total. The van der Waals surface area contributed by atoms with Crippen LogP contribution < -0.4 is 9.47 Å². The van der Waals surface area contributed by atoms with Crippen molar-refractivity contribution in [2.45, 2.75) is 89.0 Å². The fourth-order valence-corrected chi connectivity index (χ4v) is 4.73. The molecule has 0 aromatic heterocycles. The number of carbonyl (C=O) groups excluding carboxylic acids is 4. The molecule has 0 saturated carbocycles. The number of aliphatic hydroxyl groups excluding tert-OH is 2. The van der Waals surface area contributed by atoms with Crippen LogP contribution in [0.1, 0.15) is 27.7 Å². The van der Waals surface area contributed by atoms with Crippen molar-refractivity contribution in [2.24, 2.45) is 5.11 Å². The standard InChI is InChI=1S/C27H35N3O15/c1-12(32)38-11-19-22(39-13(2)33)24(40-14(3)34)25(41-15(4)35)27(44-19)45-23-20(29-30-28)26(43-18(10-31)21(23)36)42-17-8-6-16(37-5)7-9-17/h6-9,18-27,31,36H,10-11H2,1-5H3. The van der Waals surface area contributed by atoms with Gasteiger partial charge >= 0.3 is 23.9 Å². The summed E-state index contributed by atoms with van der Waals surface area (Å²) in [5, 5.41) is 24.8. The van der Waals surface area contributed by atoms with Crippen LogP contribution in [0.15, 0.2) is 29.4 Å². The number of hydrogen-bond acceptors (Lipinski definition) is 16. The highest BCUT2D eigenvalue weighted by atomic mass is 16.8. The molecule has 2 N–H and O–H groups in total. The summed E-state index contributed by atoms with van der Waals surface area (Å²) in [5.74, 6) is -2.56. The minimum Gasteiger partial charge on any atom is -0.497 e. The zero-order valence-electron chi connectivity index (χ0n) is 25.0.